The van der Waals surface area contributed by atoms with Crippen molar-refractivity contribution >= 4 is 28.1 Å². The second-order valence-electron chi connectivity index (χ2n) is 4.12. The first-order valence-electron chi connectivity index (χ1n) is 5.96. The molecule has 0 aliphatic heterocycles. The maximum atomic E-state index is 12.7. The highest BCUT2D eigenvalue weighted by molar-refractivity contribution is 9.10. The summed E-state index contributed by atoms with van der Waals surface area (Å²) in [6, 6.07) is 13.3. The number of benzene rings is 2. The van der Waals surface area contributed by atoms with Gasteiger partial charge in [-0.2, -0.15) is 5.10 Å². The fourth-order valence-corrected chi connectivity index (χ4v) is 1.97. The molecule has 2 aromatic carbocycles. The van der Waals surface area contributed by atoms with Crippen LogP contribution in [0.1, 0.15) is 11.1 Å². The standard InChI is InChI=1S/C15H12BrFN2O/c16-14-4-2-1-3-12(14)10-18-19-15(20)9-11-5-7-13(17)8-6-11/h1-8,10H,9H2,(H,19,20)/b18-10-. The minimum Gasteiger partial charge on any atom is -0.273 e. The number of rotatable bonds is 4. The molecule has 0 unspecified atom stereocenters. The number of nitrogens with one attached hydrogen (secondary N) is 1. The van der Waals surface area contributed by atoms with Crippen molar-refractivity contribution in [3.8, 4) is 0 Å². The molecule has 0 fully saturated rings. The highest BCUT2D eigenvalue weighted by Gasteiger charge is 2.02. The third-order valence-corrected chi connectivity index (χ3v) is 3.30. The van der Waals surface area contributed by atoms with Crippen LogP contribution in [-0.2, 0) is 11.2 Å². The van der Waals surface area contributed by atoms with Gasteiger partial charge in [0.25, 0.3) is 0 Å². The third-order valence-electron chi connectivity index (χ3n) is 2.58. The Labute approximate surface area is 124 Å². The number of amides is 1. The van der Waals surface area contributed by atoms with Gasteiger partial charge in [0.15, 0.2) is 0 Å². The first-order valence-corrected chi connectivity index (χ1v) is 6.75. The lowest BCUT2D eigenvalue weighted by Crippen LogP contribution is -2.19. The van der Waals surface area contributed by atoms with Gasteiger partial charge >= 0.3 is 0 Å². The molecule has 0 aliphatic carbocycles. The van der Waals surface area contributed by atoms with Crippen LogP contribution in [0, 0.1) is 5.82 Å². The predicted octanol–water partition coefficient (Wildman–Crippen LogP) is 3.28. The van der Waals surface area contributed by atoms with Crippen molar-refractivity contribution in [2.24, 2.45) is 5.10 Å². The minimum atomic E-state index is -0.318. The summed E-state index contributed by atoms with van der Waals surface area (Å²) in [5.41, 5.74) is 4.04. The number of hydrazone groups is 1. The molecule has 3 nitrogen and oxygen atoms in total. The molecule has 20 heavy (non-hydrogen) atoms. The molecule has 2 aromatic rings. The van der Waals surface area contributed by atoms with Gasteiger partial charge in [-0.3, -0.25) is 4.79 Å². The van der Waals surface area contributed by atoms with Gasteiger partial charge in [-0.25, -0.2) is 9.82 Å². The van der Waals surface area contributed by atoms with E-state index in [-0.39, 0.29) is 18.1 Å². The van der Waals surface area contributed by atoms with E-state index in [0.29, 0.717) is 0 Å². The number of carbonyl (C=O) groups is 1. The quantitative estimate of drug-likeness (QED) is 0.676. The summed E-state index contributed by atoms with van der Waals surface area (Å²) in [4.78, 5) is 11.6. The van der Waals surface area contributed by atoms with Crippen LogP contribution in [0.3, 0.4) is 0 Å². The zero-order valence-electron chi connectivity index (χ0n) is 10.5. The lowest BCUT2D eigenvalue weighted by atomic mass is 10.1. The normalized spacial score (nSPS) is 10.7. The predicted molar refractivity (Wildman–Crippen MR) is 80.0 cm³/mol. The summed E-state index contributed by atoms with van der Waals surface area (Å²) in [5, 5.41) is 3.89. The van der Waals surface area contributed by atoms with E-state index in [1.807, 2.05) is 24.3 Å². The van der Waals surface area contributed by atoms with Gasteiger partial charge < -0.3 is 0 Å². The first-order chi connectivity index (χ1) is 9.65. The van der Waals surface area contributed by atoms with Crippen LogP contribution in [-0.4, -0.2) is 12.1 Å². The molecule has 0 saturated carbocycles. The Kier molecular flexibility index (Phi) is 5.01. The SMILES string of the molecule is O=C(Cc1ccc(F)cc1)N/N=C\c1ccccc1Br. The smallest absolute Gasteiger partial charge is 0.244 e. The average Bonchev–Trinajstić information content (AvgIpc) is 2.43. The van der Waals surface area contributed by atoms with E-state index < -0.39 is 0 Å². The molecule has 0 atom stereocenters. The van der Waals surface area contributed by atoms with E-state index in [4.69, 9.17) is 0 Å². The van der Waals surface area contributed by atoms with Gasteiger partial charge in [0.05, 0.1) is 12.6 Å². The van der Waals surface area contributed by atoms with Crippen molar-refractivity contribution in [1.29, 1.82) is 0 Å². The van der Waals surface area contributed by atoms with Crippen LogP contribution in [0.2, 0.25) is 0 Å². The molecule has 102 valence electrons. The molecule has 2 rings (SSSR count). The van der Waals surface area contributed by atoms with Gasteiger partial charge in [-0.15, -0.1) is 0 Å². The molecule has 0 spiro atoms. The Balaban J connectivity index is 1.89. The summed E-state index contributed by atoms with van der Waals surface area (Å²) in [6.45, 7) is 0. The topological polar surface area (TPSA) is 41.5 Å². The lowest BCUT2D eigenvalue weighted by molar-refractivity contribution is -0.120. The second kappa shape index (κ2) is 6.96. The number of hydrogen-bond acceptors (Lipinski definition) is 2. The van der Waals surface area contributed by atoms with Crippen LogP contribution in [0.25, 0.3) is 0 Å². The Morgan fingerprint density at radius 1 is 1.20 bits per heavy atom. The monoisotopic (exact) mass is 334 g/mol. The largest absolute Gasteiger partial charge is 0.273 e. The van der Waals surface area contributed by atoms with Gasteiger partial charge in [0.1, 0.15) is 5.82 Å². The third kappa shape index (κ3) is 4.28. The van der Waals surface area contributed by atoms with Crippen LogP contribution in [0.4, 0.5) is 4.39 Å². The zero-order chi connectivity index (χ0) is 14.4. The highest BCUT2D eigenvalue weighted by Crippen LogP contribution is 2.13. The van der Waals surface area contributed by atoms with Crippen LogP contribution in [0.15, 0.2) is 58.1 Å². The van der Waals surface area contributed by atoms with Crippen LogP contribution in [0.5, 0.6) is 0 Å². The zero-order valence-corrected chi connectivity index (χ0v) is 12.1. The maximum Gasteiger partial charge on any atom is 0.244 e. The van der Waals surface area contributed by atoms with E-state index in [0.717, 1.165) is 15.6 Å². The van der Waals surface area contributed by atoms with Crippen molar-refractivity contribution in [2.45, 2.75) is 6.42 Å². The highest BCUT2D eigenvalue weighted by atomic mass is 79.9. The Bertz CT molecular complexity index is 626. The molecule has 0 radical (unpaired) electrons. The Morgan fingerprint density at radius 2 is 1.90 bits per heavy atom. The average molecular weight is 335 g/mol. The van der Waals surface area contributed by atoms with E-state index in [1.54, 1.807) is 18.3 Å². The summed E-state index contributed by atoms with van der Waals surface area (Å²) >= 11 is 3.38. The van der Waals surface area contributed by atoms with Gasteiger partial charge in [0, 0.05) is 10.0 Å². The molecule has 0 bridgehead atoms. The van der Waals surface area contributed by atoms with Crippen LogP contribution >= 0.6 is 15.9 Å². The molecular formula is C15H12BrFN2O. The van der Waals surface area contributed by atoms with Crippen molar-refractivity contribution in [1.82, 2.24) is 5.43 Å². The Morgan fingerprint density at radius 3 is 2.60 bits per heavy atom. The van der Waals surface area contributed by atoms with Crippen molar-refractivity contribution in [3.05, 3.63) is 69.9 Å². The summed E-state index contributed by atoms with van der Waals surface area (Å²) in [6.07, 6.45) is 1.72. The molecule has 1 amide bonds. The maximum absolute atomic E-state index is 12.7. The minimum absolute atomic E-state index is 0.160. The second-order valence-corrected chi connectivity index (χ2v) is 4.97. The van der Waals surface area contributed by atoms with E-state index >= 15 is 0 Å². The molecule has 0 heterocycles. The number of carbonyl (C=O) groups excluding carboxylic acids is 1. The van der Waals surface area contributed by atoms with Gasteiger partial charge in [-0.05, 0) is 23.8 Å². The summed E-state index contributed by atoms with van der Waals surface area (Å²) in [5.74, 6) is -0.569. The molecule has 1 N–H and O–H groups in total. The summed E-state index contributed by atoms with van der Waals surface area (Å²) < 4.78 is 13.6. The molecule has 0 saturated heterocycles. The fraction of sp³-hybridized carbons (Fsp3) is 0.0667. The van der Waals surface area contributed by atoms with Crippen molar-refractivity contribution in [3.63, 3.8) is 0 Å². The lowest BCUT2D eigenvalue weighted by Gasteiger charge is -2.01. The van der Waals surface area contributed by atoms with E-state index in [1.165, 1.54) is 12.1 Å². The molecular weight excluding hydrogens is 323 g/mol. The van der Waals surface area contributed by atoms with Crippen molar-refractivity contribution in [2.75, 3.05) is 0 Å². The van der Waals surface area contributed by atoms with Gasteiger partial charge in [-0.1, -0.05) is 46.3 Å². The Hall–Kier alpha value is -2.01. The number of nitrogens with zero attached hydrogens (tertiary/aromatic N) is 1. The molecule has 5 heteroatoms. The number of hydrogen-bond donors (Lipinski definition) is 1. The first kappa shape index (κ1) is 14.4. The van der Waals surface area contributed by atoms with E-state index in [2.05, 4.69) is 26.5 Å². The molecule has 0 aromatic heterocycles. The van der Waals surface area contributed by atoms with Crippen molar-refractivity contribution < 1.29 is 9.18 Å². The van der Waals surface area contributed by atoms with Crippen LogP contribution < -0.4 is 5.43 Å². The van der Waals surface area contributed by atoms with Gasteiger partial charge in [0.2, 0.25) is 5.91 Å². The number of halogens is 2. The molecule has 0 aliphatic rings. The summed E-state index contributed by atoms with van der Waals surface area (Å²) in [7, 11) is 0. The van der Waals surface area contributed by atoms with E-state index in [9.17, 15) is 9.18 Å². The fourth-order valence-electron chi connectivity index (χ4n) is 1.58.